The summed E-state index contributed by atoms with van der Waals surface area (Å²) in [6.45, 7) is 1.76. The highest BCUT2D eigenvalue weighted by molar-refractivity contribution is 5.85. The minimum Gasteiger partial charge on any atom is -0.367 e. The van der Waals surface area contributed by atoms with Gasteiger partial charge in [-0.1, -0.05) is 5.16 Å². The maximum Gasteiger partial charge on any atom is 0.450 e. The van der Waals surface area contributed by atoms with E-state index in [1.807, 2.05) is 11.9 Å². The van der Waals surface area contributed by atoms with Crippen LogP contribution in [0, 0.1) is 0 Å². The molecule has 1 atom stereocenters. The van der Waals surface area contributed by atoms with Gasteiger partial charge in [0.25, 0.3) is 0 Å². The molecule has 1 aromatic heterocycles. The van der Waals surface area contributed by atoms with Crippen LogP contribution in [0.5, 0.6) is 0 Å². The maximum absolute atomic E-state index is 12.1. The molecule has 9 heteroatoms. The summed E-state index contributed by atoms with van der Waals surface area (Å²) in [5.74, 6) is -2.10. The lowest BCUT2D eigenvalue weighted by molar-refractivity contribution is -0.170. The third-order valence-corrected chi connectivity index (χ3v) is 2.67. The molecule has 1 unspecified atom stereocenters. The van der Waals surface area contributed by atoms with Crippen LogP contribution in [0.1, 0.15) is 17.8 Å². The number of carbonyl (C=O) groups is 1. The zero-order valence-electron chi connectivity index (χ0n) is 10.1. The molecule has 0 amide bonds. The monoisotopic (exact) mass is 279 g/mol. The number of ketones is 1. The van der Waals surface area contributed by atoms with Crippen LogP contribution in [-0.4, -0.2) is 53.7 Å². The van der Waals surface area contributed by atoms with Crippen molar-refractivity contribution in [3.8, 4) is 0 Å². The van der Waals surface area contributed by atoms with E-state index >= 15 is 0 Å². The van der Waals surface area contributed by atoms with E-state index in [0.717, 1.165) is 6.54 Å². The van der Waals surface area contributed by atoms with Gasteiger partial charge in [0.1, 0.15) is 6.10 Å². The second kappa shape index (κ2) is 5.25. The summed E-state index contributed by atoms with van der Waals surface area (Å²) in [7, 11) is 1.88. The SMILES string of the molecule is CN1CCOC(c2noc(CC(=O)C(F)(F)F)n2)C1. The molecule has 1 aliphatic heterocycles. The van der Waals surface area contributed by atoms with Gasteiger partial charge >= 0.3 is 6.18 Å². The largest absolute Gasteiger partial charge is 0.450 e. The molecule has 1 aliphatic rings. The summed E-state index contributed by atoms with van der Waals surface area (Å²) in [5, 5.41) is 3.55. The number of hydrogen-bond acceptors (Lipinski definition) is 6. The van der Waals surface area contributed by atoms with Crippen molar-refractivity contribution in [1.29, 1.82) is 0 Å². The Morgan fingerprint density at radius 1 is 1.53 bits per heavy atom. The van der Waals surface area contributed by atoms with Gasteiger partial charge in [-0.15, -0.1) is 0 Å². The van der Waals surface area contributed by atoms with Crippen LogP contribution >= 0.6 is 0 Å². The average molecular weight is 279 g/mol. The highest BCUT2D eigenvalue weighted by Crippen LogP contribution is 2.21. The number of ether oxygens (including phenoxy) is 1. The maximum atomic E-state index is 12.1. The zero-order valence-corrected chi connectivity index (χ0v) is 10.1. The first-order valence-electron chi connectivity index (χ1n) is 5.59. The number of nitrogens with zero attached hydrogens (tertiary/aromatic N) is 3. The molecule has 1 aromatic rings. The standard InChI is InChI=1S/C10H12F3N3O3/c1-16-2-3-18-6(5-16)9-14-8(19-15-9)4-7(17)10(11,12)13/h6H,2-5H2,1H3. The minimum absolute atomic E-state index is 0.163. The van der Waals surface area contributed by atoms with Crippen LogP contribution in [0.25, 0.3) is 0 Å². The van der Waals surface area contributed by atoms with E-state index in [2.05, 4.69) is 14.7 Å². The van der Waals surface area contributed by atoms with Gasteiger partial charge in [0.2, 0.25) is 17.5 Å². The van der Waals surface area contributed by atoms with Gasteiger partial charge in [0, 0.05) is 13.1 Å². The fraction of sp³-hybridized carbons (Fsp3) is 0.700. The van der Waals surface area contributed by atoms with Crippen LogP contribution < -0.4 is 0 Å². The van der Waals surface area contributed by atoms with Crippen molar-refractivity contribution in [3.63, 3.8) is 0 Å². The summed E-state index contributed by atoms with van der Waals surface area (Å²) in [4.78, 5) is 16.5. The molecule has 0 aromatic carbocycles. The molecular formula is C10H12F3N3O3. The van der Waals surface area contributed by atoms with Crippen molar-refractivity contribution >= 4 is 5.78 Å². The van der Waals surface area contributed by atoms with E-state index in [9.17, 15) is 18.0 Å². The van der Waals surface area contributed by atoms with Crippen LogP contribution in [0.3, 0.4) is 0 Å². The minimum atomic E-state index is -4.89. The van der Waals surface area contributed by atoms with Crippen molar-refractivity contribution in [2.75, 3.05) is 26.7 Å². The van der Waals surface area contributed by atoms with Gasteiger partial charge in [-0.05, 0) is 7.05 Å². The molecule has 0 bridgehead atoms. The smallest absolute Gasteiger partial charge is 0.367 e. The summed E-state index contributed by atoms with van der Waals surface area (Å²) in [6.07, 6.45) is -6.29. The molecule has 6 nitrogen and oxygen atoms in total. The van der Waals surface area contributed by atoms with E-state index < -0.39 is 24.5 Å². The Morgan fingerprint density at radius 3 is 2.89 bits per heavy atom. The van der Waals surface area contributed by atoms with Crippen molar-refractivity contribution in [3.05, 3.63) is 11.7 Å². The Balaban J connectivity index is 2.01. The highest BCUT2D eigenvalue weighted by atomic mass is 19.4. The Kier molecular flexibility index (Phi) is 3.85. The summed E-state index contributed by atoms with van der Waals surface area (Å²) < 4.78 is 46.3. The van der Waals surface area contributed by atoms with Crippen molar-refractivity contribution in [2.24, 2.45) is 0 Å². The van der Waals surface area contributed by atoms with E-state index in [4.69, 9.17) is 4.74 Å². The summed E-state index contributed by atoms with van der Waals surface area (Å²) >= 11 is 0. The van der Waals surface area contributed by atoms with Crippen molar-refractivity contribution < 1.29 is 27.2 Å². The second-order valence-corrected chi connectivity index (χ2v) is 4.27. The van der Waals surface area contributed by atoms with Gasteiger partial charge in [-0.3, -0.25) is 4.79 Å². The van der Waals surface area contributed by atoms with E-state index in [1.54, 1.807) is 0 Å². The number of morpholine rings is 1. The van der Waals surface area contributed by atoms with Gasteiger partial charge in [0.05, 0.1) is 13.0 Å². The number of hydrogen-bond donors (Lipinski definition) is 0. The molecule has 0 radical (unpaired) electrons. The van der Waals surface area contributed by atoms with Crippen LogP contribution in [-0.2, 0) is 16.0 Å². The Morgan fingerprint density at radius 2 is 2.26 bits per heavy atom. The topological polar surface area (TPSA) is 68.5 Å². The molecule has 0 saturated carbocycles. The van der Waals surface area contributed by atoms with Crippen LogP contribution in [0.2, 0.25) is 0 Å². The number of rotatable bonds is 3. The number of aromatic nitrogens is 2. The number of Topliss-reactive ketones (excluding diaryl/α,β-unsaturated/α-hetero) is 1. The van der Waals surface area contributed by atoms with Gasteiger partial charge < -0.3 is 14.2 Å². The molecule has 1 saturated heterocycles. The van der Waals surface area contributed by atoms with E-state index in [-0.39, 0.29) is 11.7 Å². The lowest BCUT2D eigenvalue weighted by atomic mass is 10.2. The molecular weight excluding hydrogens is 267 g/mol. The normalized spacial score (nSPS) is 21.6. The van der Waals surface area contributed by atoms with Crippen molar-refractivity contribution in [2.45, 2.75) is 18.7 Å². The molecule has 0 aliphatic carbocycles. The fourth-order valence-electron chi connectivity index (χ4n) is 1.64. The van der Waals surface area contributed by atoms with E-state index in [0.29, 0.717) is 13.2 Å². The molecule has 2 rings (SSSR count). The predicted octanol–water partition coefficient (Wildman–Crippen LogP) is 0.747. The number of carbonyl (C=O) groups excluding carboxylic acids is 1. The zero-order chi connectivity index (χ0) is 14.0. The van der Waals surface area contributed by atoms with Crippen LogP contribution in [0.4, 0.5) is 13.2 Å². The van der Waals surface area contributed by atoms with Gasteiger partial charge in [-0.2, -0.15) is 18.2 Å². The predicted molar refractivity (Wildman–Crippen MR) is 55.3 cm³/mol. The first-order chi connectivity index (χ1) is 8.86. The highest BCUT2D eigenvalue weighted by Gasteiger charge is 2.39. The average Bonchev–Trinajstić information content (AvgIpc) is 2.76. The molecule has 0 N–H and O–H groups in total. The second-order valence-electron chi connectivity index (χ2n) is 4.27. The summed E-state index contributed by atoms with van der Waals surface area (Å²) in [5.41, 5.74) is 0. The Bertz CT molecular complexity index is 460. The van der Waals surface area contributed by atoms with Gasteiger partial charge in [0.15, 0.2) is 0 Å². The number of likely N-dealkylation sites (N-methyl/N-ethyl adjacent to an activating group) is 1. The number of alkyl halides is 3. The quantitative estimate of drug-likeness (QED) is 0.813. The third-order valence-electron chi connectivity index (χ3n) is 2.67. The lowest BCUT2D eigenvalue weighted by Gasteiger charge is -2.27. The fourth-order valence-corrected chi connectivity index (χ4v) is 1.64. The van der Waals surface area contributed by atoms with Gasteiger partial charge in [-0.25, -0.2) is 0 Å². The molecule has 0 spiro atoms. The van der Waals surface area contributed by atoms with Crippen LogP contribution in [0.15, 0.2) is 4.52 Å². The Labute approximate surface area is 106 Å². The molecule has 106 valence electrons. The Hall–Kier alpha value is -1.48. The lowest BCUT2D eigenvalue weighted by Crippen LogP contribution is -2.35. The molecule has 19 heavy (non-hydrogen) atoms. The summed E-state index contributed by atoms with van der Waals surface area (Å²) in [6, 6.07) is 0. The number of halogens is 3. The first-order valence-corrected chi connectivity index (χ1v) is 5.59. The third kappa shape index (κ3) is 3.51. The van der Waals surface area contributed by atoms with Crippen molar-refractivity contribution in [1.82, 2.24) is 15.0 Å². The first kappa shape index (κ1) is 13.9. The van der Waals surface area contributed by atoms with E-state index in [1.165, 1.54) is 0 Å². The molecule has 2 heterocycles. The molecule has 1 fully saturated rings.